The molecule has 0 aliphatic carbocycles. The normalized spacial score (nSPS) is 15.5. The molecule has 0 bridgehead atoms. The second kappa shape index (κ2) is 8.49. The number of rotatable bonds is 9. The minimum absolute atomic E-state index is 0.115. The van der Waals surface area contributed by atoms with Gasteiger partial charge in [-0.3, -0.25) is 0 Å². The van der Waals surface area contributed by atoms with Gasteiger partial charge in [0.05, 0.1) is 16.1 Å². The van der Waals surface area contributed by atoms with Crippen molar-refractivity contribution in [1.29, 1.82) is 0 Å². The zero-order valence-corrected chi connectivity index (χ0v) is 23.2. The van der Waals surface area contributed by atoms with Crippen LogP contribution in [0.3, 0.4) is 0 Å². The molecule has 0 aliphatic rings. The van der Waals surface area contributed by atoms with Gasteiger partial charge in [0.1, 0.15) is 0 Å². The predicted octanol–water partition coefficient (Wildman–Crippen LogP) is 6.32. The fourth-order valence-electron chi connectivity index (χ4n) is 5.10. The van der Waals surface area contributed by atoms with Gasteiger partial charge in [0.25, 0.3) is 0 Å². The second-order valence-electron chi connectivity index (χ2n) is 11.0. The van der Waals surface area contributed by atoms with Gasteiger partial charge in [-0.1, -0.05) is 67.7 Å². The summed E-state index contributed by atoms with van der Waals surface area (Å²) in [4.78, 5) is 0. The highest BCUT2D eigenvalue weighted by Crippen LogP contribution is 2.67. The third-order valence-electron chi connectivity index (χ3n) is 8.02. The lowest BCUT2D eigenvalue weighted by Gasteiger charge is -2.67. The predicted molar refractivity (Wildman–Crippen MR) is 126 cm³/mol. The van der Waals surface area contributed by atoms with Crippen LogP contribution < -0.4 is 5.73 Å². The summed E-state index contributed by atoms with van der Waals surface area (Å²) >= 11 is 0. The average molecular weight is 420 g/mol. The molecular weight excluding hydrogens is 370 g/mol. The molecule has 0 fully saturated rings. The molecule has 0 aromatic carbocycles. The van der Waals surface area contributed by atoms with E-state index in [1.807, 2.05) is 0 Å². The fraction of sp³-hybridized carbons (Fsp3) is 1.00. The van der Waals surface area contributed by atoms with E-state index in [0.717, 1.165) is 19.6 Å². The van der Waals surface area contributed by atoms with Crippen molar-refractivity contribution in [2.24, 2.45) is 5.73 Å². The second-order valence-corrected chi connectivity index (χ2v) is 27.0. The Labute approximate surface area is 168 Å². The molecule has 0 aromatic rings. The minimum Gasteiger partial charge on any atom is -0.395 e. The first-order chi connectivity index (χ1) is 11.4. The van der Waals surface area contributed by atoms with Crippen LogP contribution in [0.1, 0.15) is 61.8 Å². The van der Waals surface area contributed by atoms with E-state index in [1.165, 1.54) is 0 Å². The van der Waals surface area contributed by atoms with E-state index >= 15 is 0 Å². The van der Waals surface area contributed by atoms with Crippen LogP contribution in [0.15, 0.2) is 0 Å². The molecule has 0 amide bonds. The van der Waals surface area contributed by atoms with Gasteiger partial charge in [-0.25, -0.2) is 0 Å². The van der Waals surface area contributed by atoms with Crippen LogP contribution in [0, 0.1) is 0 Å². The molecule has 0 radical (unpaired) electrons. The Hall–Kier alpha value is 0.531. The summed E-state index contributed by atoms with van der Waals surface area (Å²) in [5, 5.41) is 0.500. The van der Waals surface area contributed by atoms with Gasteiger partial charge in [0, 0.05) is 17.5 Å². The number of hydrogen-bond donors (Lipinski definition) is 1. The minimum atomic E-state index is -2.50. The average Bonchev–Trinajstić information content (AvgIpc) is 2.41. The summed E-state index contributed by atoms with van der Waals surface area (Å²) in [6.07, 6.45) is 1.03. The lowest BCUT2D eigenvalue weighted by atomic mass is 10.2. The van der Waals surface area contributed by atoms with Crippen LogP contribution in [0.2, 0.25) is 47.1 Å². The molecule has 2 N–H and O–H groups in total. The summed E-state index contributed by atoms with van der Waals surface area (Å²) in [6.45, 7) is 33.7. The summed E-state index contributed by atoms with van der Waals surface area (Å²) < 4.78 is 13.5. The molecule has 0 spiro atoms. The third kappa shape index (κ3) is 4.10. The van der Waals surface area contributed by atoms with E-state index in [9.17, 15) is 0 Å². The highest BCUT2D eigenvalue weighted by Gasteiger charge is 2.73. The first kappa shape index (κ1) is 26.5. The van der Waals surface area contributed by atoms with E-state index in [4.69, 9.17) is 14.6 Å². The van der Waals surface area contributed by atoms with E-state index in [2.05, 4.69) is 88.1 Å². The molecule has 0 aromatic heterocycles. The Balaban J connectivity index is 7.24. The van der Waals surface area contributed by atoms with Crippen molar-refractivity contribution in [3.8, 4) is 0 Å². The molecule has 158 valence electrons. The molecule has 3 nitrogen and oxygen atoms in total. The van der Waals surface area contributed by atoms with Crippen LogP contribution in [0.5, 0.6) is 0 Å². The van der Waals surface area contributed by atoms with Crippen molar-refractivity contribution in [3.05, 3.63) is 0 Å². The Morgan fingerprint density at radius 1 is 0.692 bits per heavy atom. The highest BCUT2D eigenvalue weighted by molar-refractivity contribution is 7.14. The van der Waals surface area contributed by atoms with Gasteiger partial charge >= 0.3 is 8.56 Å². The van der Waals surface area contributed by atoms with Crippen LogP contribution >= 0.6 is 0 Å². The number of hydrogen-bond acceptors (Lipinski definition) is 3. The molecule has 6 heteroatoms. The maximum absolute atomic E-state index is 6.68. The molecule has 0 rings (SSSR count). The van der Waals surface area contributed by atoms with Gasteiger partial charge in [0.15, 0.2) is 0 Å². The number of nitrogens with two attached hydrogens (primary N) is 1. The molecule has 26 heavy (non-hydrogen) atoms. The van der Waals surface area contributed by atoms with Crippen molar-refractivity contribution in [2.75, 3.05) is 19.8 Å². The maximum atomic E-state index is 6.68. The molecule has 0 aliphatic heterocycles. The monoisotopic (exact) mass is 419 g/mol. The maximum Gasteiger partial charge on any atom is 0.335 e. The molecule has 0 saturated carbocycles. The van der Waals surface area contributed by atoms with E-state index < -0.39 is 24.7 Å². The van der Waals surface area contributed by atoms with Gasteiger partial charge in [-0.15, -0.1) is 0 Å². The third-order valence-corrected chi connectivity index (χ3v) is 34.0. The van der Waals surface area contributed by atoms with Crippen molar-refractivity contribution in [1.82, 2.24) is 0 Å². The Morgan fingerprint density at radius 3 is 1.19 bits per heavy atom. The van der Waals surface area contributed by atoms with Crippen LogP contribution in [-0.4, -0.2) is 44.5 Å². The quantitative estimate of drug-likeness (QED) is 0.445. The van der Waals surface area contributed by atoms with Crippen LogP contribution in [0.25, 0.3) is 0 Å². The molecule has 0 heterocycles. The summed E-state index contributed by atoms with van der Waals surface area (Å²) in [6, 6.07) is 0. The Kier molecular flexibility index (Phi) is 8.67. The van der Waals surface area contributed by atoms with Crippen molar-refractivity contribution >= 4 is 24.7 Å². The smallest absolute Gasteiger partial charge is 0.335 e. The van der Waals surface area contributed by atoms with Crippen molar-refractivity contribution < 1.29 is 8.85 Å². The Bertz CT molecular complexity index is 419. The molecule has 0 saturated heterocycles. The standard InChI is InChI=1S/C20H49NO2Si3/c1-14-22-26(13,23-15-2)20(16-17-21,24(9,10)18(3,4)5)25(11,12)19(6,7)8/h14-17,21H2,1-13H3. The van der Waals surface area contributed by atoms with Gasteiger partial charge in [-0.2, -0.15) is 0 Å². The molecule has 0 atom stereocenters. The van der Waals surface area contributed by atoms with Gasteiger partial charge in [-0.05, 0) is 43.4 Å². The van der Waals surface area contributed by atoms with E-state index in [1.54, 1.807) is 0 Å². The molecular formula is C20H49NO2Si3. The van der Waals surface area contributed by atoms with Crippen LogP contribution in [-0.2, 0) is 8.85 Å². The van der Waals surface area contributed by atoms with Gasteiger partial charge in [0.2, 0.25) is 0 Å². The first-order valence-electron chi connectivity index (χ1n) is 10.4. The lowest BCUT2D eigenvalue weighted by molar-refractivity contribution is 0.177. The van der Waals surface area contributed by atoms with Crippen molar-refractivity contribution in [3.63, 3.8) is 0 Å². The summed E-state index contributed by atoms with van der Waals surface area (Å²) in [7, 11) is -6.23. The fourth-order valence-corrected chi connectivity index (χ4v) is 32.2. The Morgan fingerprint density at radius 2 is 1.00 bits per heavy atom. The van der Waals surface area contributed by atoms with Gasteiger partial charge < -0.3 is 14.6 Å². The van der Waals surface area contributed by atoms with E-state index in [0.29, 0.717) is 6.54 Å². The molecule has 0 unspecified atom stereocenters. The summed E-state index contributed by atoms with van der Waals surface area (Å²) in [5.41, 5.74) is 6.34. The lowest BCUT2D eigenvalue weighted by Crippen LogP contribution is -2.76. The SMILES string of the molecule is CCO[Si](C)(OCC)C(CCN)([Si](C)(C)C(C)(C)C)[Si](C)(C)C(C)(C)C. The topological polar surface area (TPSA) is 44.5 Å². The van der Waals surface area contributed by atoms with E-state index in [-0.39, 0.29) is 14.4 Å². The largest absolute Gasteiger partial charge is 0.395 e. The zero-order chi connectivity index (χ0) is 21.2. The first-order valence-corrected chi connectivity index (χ1v) is 18.7. The van der Waals surface area contributed by atoms with Crippen LogP contribution in [0.4, 0.5) is 0 Å². The highest BCUT2D eigenvalue weighted by atomic mass is 28.5. The van der Waals surface area contributed by atoms with Crippen molar-refractivity contribution in [2.45, 2.75) is 109 Å². The summed E-state index contributed by atoms with van der Waals surface area (Å²) in [5.74, 6) is 0. The zero-order valence-electron chi connectivity index (χ0n) is 20.2.